The highest BCUT2D eigenvalue weighted by Crippen LogP contribution is 2.38. The zero-order valence-corrected chi connectivity index (χ0v) is 27.4. The molecule has 4 rings (SSSR count). The number of unbranched alkanes of at least 4 members (excludes halogenated alkanes) is 1. The fraction of sp³-hybridized carbons (Fsp3) is 0.444. The van der Waals surface area contributed by atoms with E-state index in [1.54, 1.807) is 29.2 Å². The summed E-state index contributed by atoms with van der Waals surface area (Å²) in [6.07, 6.45) is -1.18. The summed E-state index contributed by atoms with van der Waals surface area (Å²) in [6, 6.07) is 17.2. The molecular formula is C36H45F3N4O4. The molecule has 1 saturated heterocycles. The van der Waals surface area contributed by atoms with Gasteiger partial charge in [-0.15, -0.1) is 0 Å². The van der Waals surface area contributed by atoms with Crippen LogP contribution >= 0.6 is 0 Å². The topological polar surface area (TPSA) is 83.1 Å². The number of nitrogens with zero attached hydrogens (tertiary/aromatic N) is 2. The Labute approximate surface area is 275 Å². The lowest BCUT2D eigenvalue weighted by Crippen LogP contribution is -2.45. The monoisotopic (exact) mass is 654 g/mol. The third kappa shape index (κ3) is 9.63. The van der Waals surface area contributed by atoms with E-state index >= 15 is 0 Å². The highest BCUT2D eigenvalue weighted by atomic mass is 19.4. The first kappa shape index (κ1) is 35.6. The van der Waals surface area contributed by atoms with Gasteiger partial charge in [0, 0.05) is 37.8 Å². The molecule has 0 saturated carbocycles. The minimum Gasteiger partial charge on any atom is -0.492 e. The molecule has 0 spiro atoms. The number of carbonyl (C=O) groups is 2. The zero-order valence-electron chi connectivity index (χ0n) is 27.4. The molecule has 1 aliphatic rings. The molecule has 1 aliphatic heterocycles. The third-order valence-electron chi connectivity index (χ3n) is 8.13. The second-order valence-corrected chi connectivity index (χ2v) is 11.4. The molecule has 0 bridgehead atoms. The number of likely N-dealkylation sites (tertiary alicyclic amines) is 1. The maximum absolute atomic E-state index is 13.3. The molecule has 3 aromatic rings. The Morgan fingerprint density at radius 2 is 1.51 bits per heavy atom. The van der Waals surface area contributed by atoms with E-state index in [-0.39, 0.29) is 18.0 Å². The number of halogens is 3. The number of ether oxygens (including phenoxy) is 2. The van der Waals surface area contributed by atoms with Gasteiger partial charge in [-0.2, -0.15) is 13.2 Å². The minimum atomic E-state index is -4.42. The van der Waals surface area contributed by atoms with Crippen molar-refractivity contribution in [2.75, 3.05) is 50.8 Å². The Morgan fingerprint density at radius 1 is 0.872 bits per heavy atom. The Hall–Kier alpha value is -4.25. The average molecular weight is 655 g/mol. The van der Waals surface area contributed by atoms with Gasteiger partial charge in [0.25, 0.3) is 5.91 Å². The molecular weight excluding hydrogens is 609 g/mol. The van der Waals surface area contributed by atoms with Crippen molar-refractivity contribution in [2.45, 2.75) is 58.7 Å². The summed E-state index contributed by atoms with van der Waals surface area (Å²) >= 11 is 0. The standard InChI is InChI=1S/C36H45F3N4O4/c1-4-40-35(45)43(33-31(46-5-2)14-11-15-32(33)47-6-3)23-10-9-22-42-24-20-28(21-25-42)41-34(44)30-13-8-7-12-29(30)26-16-18-27(19-17-26)36(37,38)39/h7-8,11-19,28H,4-6,9-10,20-25H2,1-3H3,(H,40,45)(H,41,44). The Balaban J connectivity index is 1.30. The summed E-state index contributed by atoms with van der Waals surface area (Å²) in [5, 5.41) is 6.05. The Morgan fingerprint density at radius 3 is 2.11 bits per heavy atom. The zero-order chi connectivity index (χ0) is 33.8. The van der Waals surface area contributed by atoms with Crippen molar-refractivity contribution in [1.82, 2.24) is 15.5 Å². The largest absolute Gasteiger partial charge is 0.492 e. The first-order valence-corrected chi connectivity index (χ1v) is 16.4. The second-order valence-electron chi connectivity index (χ2n) is 11.4. The molecule has 1 heterocycles. The summed E-state index contributed by atoms with van der Waals surface area (Å²) in [6.45, 7) is 10.2. The predicted molar refractivity (Wildman–Crippen MR) is 178 cm³/mol. The van der Waals surface area contributed by atoms with Crippen molar-refractivity contribution in [3.63, 3.8) is 0 Å². The van der Waals surface area contributed by atoms with Crippen LogP contribution in [0.1, 0.15) is 62.4 Å². The van der Waals surface area contributed by atoms with Crippen LogP contribution in [0, 0.1) is 0 Å². The number of hydrogen-bond donors (Lipinski definition) is 2. The first-order valence-electron chi connectivity index (χ1n) is 16.4. The molecule has 0 radical (unpaired) electrons. The van der Waals surface area contributed by atoms with E-state index in [0.29, 0.717) is 60.2 Å². The average Bonchev–Trinajstić information content (AvgIpc) is 3.06. The van der Waals surface area contributed by atoms with Crippen molar-refractivity contribution in [3.8, 4) is 22.6 Å². The summed E-state index contributed by atoms with van der Waals surface area (Å²) in [5.41, 5.74) is 1.50. The van der Waals surface area contributed by atoms with Crippen LogP contribution in [0.4, 0.5) is 23.7 Å². The molecule has 2 N–H and O–H groups in total. The molecule has 0 atom stereocenters. The van der Waals surface area contributed by atoms with Gasteiger partial charge < -0.3 is 25.0 Å². The third-order valence-corrected chi connectivity index (χ3v) is 8.13. The number of anilines is 1. The molecule has 0 unspecified atom stereocenters. The number of amides is 3. The summed E-state index contributed by atoms with van der Waals surface area (Å²) in [4.78, 5) is 30.5. The number of urea groups is 1. The van der Waals surface area contributed by atoms with Gasteiger partial charge in [-0.3, -0.25) is 9.69 Å². The molecule has 11 heteroatoms. The smallest absolute Gasteiger partial charge is 0.416 e. The SMILES string of the molecule is CCNC(=O)N(CCCCN1CCC(NC(=O)c2ccccc2-c2ccc(C(F)(F)F)cc2)CC1)c1c(OCC)cccc1OCC. The van der Waals surface area contributed by atoms with Gasteiger partial charge in [-0.25, -0.2) is 4.79 Å². The van der Waals surface area contributed by atoms with Crippen LogP contribution in [0.5, 0.6) is 11.5 Å². The summed E-state index contributed by atoms with van der Waals surface area (Å²) < 4.78 is 50.8. The van der Waals surface area contributed by atoms with Crippen molar-refractivity contribution in [3.05, 3.63) is 77.9 Å². The van der Waals surface area contributed by atoms with E-state index in [1.807, 2.05) is 39.0 Å². The van der Waals surface area contributed by atoms with Crippen LogP contribution in [-0.2, 0) is 6.18 Å². The summed E-state index contributed by atoms with van der Waals surface area (Å²) in [7, 11) is 0. The van der Waals surface area contributed by atoms with E-state index in [4.69, 9.17) is 9.47 Å². The van der Waals surface area contributed by atoms with Crippen LogP contribution in [0.3, 0.4) is 0 Å². The number of rotatable bonds is 14. The minimum absolute atomic E-state index is 0.000281. The van der Waals surface area contributed by atoms with Crippen LogP contribution in [0.2, 0.25) is 0 Å². The van der Waals surface area contributed by atoms with Crippen LogP contribution in [-0.4, -0.2) is 68.8 Å². The van der Waals surface area contributed by atoms with Crippen molar-refractivity contribution in [2.24, 2.45) is 0 Å². The fourth-order valence-corrected chi connectivity index (χ4v) is 5.81. The number of benzene rings is 3. The molecule has 47 heavy (non-hydrogen) atoms. The predicted octanol–water partition coefficient (Wildman–Crippen LogP) is 7.38. The number of hydrogen-bond acceptors (Lipinski definition) is 5. The molecule has 0 aliphatic carbocycles. The maximum atomic E-state index is 13.3. The number of alkyl halides is 3. The molecule has 1 fully saturated rings. The molecule has 3 amide bonds. The van der Waals surface area contributed by atoms with E-state index in [2.05, 4.69) is 15.5 Å². The highest BCUT2D eigenvalue weighted by molar-refractivity contribution is 6.01. The van der Waals surface area contributed by atoms with E-state index in [0.717, 1.165) is 57.5 Å². The maximum Gasteiger partial charge on any atom is 0.416 e. The van der Waals surface area contributed by atoms with Crippen molar-refractivity contribution in [1.29, 1.82) is 0 Å². The molecule has 3 aromatic carbocycles. The normalized spacial score (nSPS) is 14.0. The van der Waals surface area contributed by atoms with Gasteiger partial charge in [0.2, 0.25) is 0 Å². The molecule has 254 valence electrons. The lowest BCUT2D eigenvalue weighted by molar-refractivity contribution is -0.137. The lowest BCUT2D eigenvalue weighted by Gasteiger charge is -2.33. The van der Waals surface area contributed by atoms with Gasteiger partial charge in [0.15, 0.2) is 0 Å². The Bertz CT molecular complexity index is 1430. The van der Waals surface area contributed by atoms with E-state index in [9.17, 15) is 22.8 Å². The lowest BCUT2D eigenvalue weighted by atomic mass is 9.97. The van der Waals surface area contributed by atoms with Crippen LogP contribution in [0.25, 0.3) is 11.1 Å². The first-order chi connectivity index (χ1) is 22.7. The quantitative estimate of drug-likeness (QED) is 0.177. The van der Waals surface area contributed by atoms with Crippen LogP contribution < -0.4 is 25.0 Å². The molecule has 8 nitrogen and oxygen atoms in total. The van der Waals surface area contributed by atoms with E-state index < -0.39 is 11.7 Å². The van der Waals surface area contributed by atoms with Crippen molar-refractivity contribution < 1.29 is 32.2 Å². The number of piperidine rings is 1. The van der Waals surface area contributed by atoms with Gasteiger partial charge in [0.1, 0.15) is 17.2 Å². The van der Waals surface area contributed by atoms with Crippen molar-refractivity contribution >= 4 is 17.6 Å². The summed E-state index contributed by atoms with van der Waals surface area (Å²) in [5.74, 6) is 0.981. The van der Waals surface area contributed by atoms with Gasteiger partial charge in [-0.1, -0.05) is 36.4 Å². The van der Waals surface area contributed by atoms with Crippen LogP contribution in [0.15, 0.2) is 66.7 Å². The second kappa shape index (κ2) is 17.1. The number of para-hydroxylation sites is 1. The number of carbonyl (C=O) groups excluding carboxylic acids is 2. The number of nitrogens with one attached hydrogen (secondary N) is 2. The fourth-order valence-electron chi connectivity index (χ4n) is 5.81. The van der Waals surface area contributed by atoms with Gasteiger partial charge >= 0.3 is 12.2 Å². The van der Waals surface area contributed by atoms with Gasteiger partial charge in [-0.05, 0) is 94.5 Å². The van der Waals surface area contributed by atoms with E-state index in [1.165, 1.54) is 12.1 Å². The van der Waals surface area contributed by atoms with Gasteiger partial charge in [0.05, 0.1) is 18.8 Å². The highest BCUT2D eigenvalue weighted by Gasteiger charge is 2.30. The Kier molecular flexibility index (Phi) is 12.9. The molecule has 0 aromatic heterocycles.